The third-order valence-electron chi connectivity index (χ3n) is 4.07. The highest BCUT2D eigenvalue weighted by atomic mass is 16.5. The second-order valence-corrected chi connectivity index (χ2v) is 5.15. The molecule has 0 heterocycles. The van der Waals surface area contributed by atoms with Crippen molar-refractivity contribution in [2.45, 2.75) is 51.4 Å². The van der Waals surface area contributed by atoms with Gasteiger partial charge in [0.25, 0.3) is 0 Å². The van der Waals surface area contributed by atoms with Gasteiger partial charge in [0.15, 0.2) is 0 Å². The lowest BCUT2D eigenvalue weighted by molar-refractivity contribution is 0.408. The first-order valence-electron chi connectivity index (χ1n) is 6.37. The van der Waals surface area contributed by atoms with Gasteiger partial charge in [-0.3, -0.25) is 0 Å². The van der Waals surface area contributed by atoms with E-state index in [-0.39, 0.29) is 0 Å². The van der Waals surface area contributed by atoms with Crippen LogP contribution in [0.3, 0.4) is 0 Å². The van der Waals surface area contributed by atoms with Gasteiger partial charge in [0.1, 0.15) is 5.75 Å². The minimum atomic E-state index is 0.413. The molecule has 88 valence electrons. The quantitative estimate of drug-likeness (QED) is 0.742. The maximum absolute atomic E-state index is 5.39. The second-order valence-electron chi connectivity index (χ2n) is 5.15. The Hall–Kier alpha value is -0.980. The van der Waals surface area contributed by atoms with Crippen molar-refractivity contribution in [2.75, 3.05) is 7.11 Å². The van der Waals surface area contributed by atoms with Gasteiger partial charge in [-0.2, -0.15) is 0 Å². The van der Waals surface area contributed by atoms with E-state index in [4.69, 9.17) is 4.74 Å². The molecule has 1 aromatic carbocycles. The fourth-order valence-corrected chi connectivity index (χ4v) is 2.87. The molecule has 0 amide bonds. The van der Waals surface area contributed by atoms with Crippen LogP contribution in [0.25, 0.3) is 0 Å². The molecule has 0 unspecified atom stereocenters. The number of rotatable bonds is 3. The Labute approximate surface area is 98.8 Å². The van der Waals surface area contributed by atoms with Crippen LogP contribution < -0.4 is 4.74 Å². The molecule has 1 nitrogen and oxygen atoms in total. The maximum Gasteiger partial charge on any atom is 0.122 e. The third kappa shape index (κ3) is 1.95. The van der Waals surface area contributed by atoms with Crippen molar-refractivity contribution < 1.29 is 4.74 Å². The molecule has 2 rings (SSSR count). The van der Waals surface area contributed by atoms with E-state index in [0.717, 1.165) is 12.2 Å². The SMILES string of the molecule is CCc1cc(C2(C)CCCC2)ccc1OC. The zero-order valence-corrected chi connectivity index (χ0v) is 10.7. The van der Waals surface area contributed by atoms with Crippen molar-refractivity contribution in [1.82, 2.24) is 0 Å². The maximum atomic E-state index is 5.39. The summed E-state index contributed by atoms with van der Waals surface area (Å²) in [6.07, 6.45) is 6.48. The van der Waals surface area contributed by atoms with E-state index in [0.29, 0.717) is 5.41 Å². The fraction of sp³-hybridized carbons (Fsp3) is 0.600. The first-order valence-corrected chi connectivity index (χ1v) is 6.37. The Bertz CT molecular complexity index is 362. The van der Waals surface area contributed by atoms with Crippen LogP contribution in [0, 0.1) is 0 Å². The van der Waals surface area contributed by atoms with Gasteiger partial charge in [0.05, 0.1) is 7.11 Å². The summed E-state index contributed by atoms with van der Waals surface area (Å²) >= 11 is 0. The van der Waals surface area contributed by atoms with E-state index < -0.39 is 0 Å². The van der Waals surface area contributed by atoms with E-state index in [2.05, 4.69) is 32.0 Å². The molecule has 0 spiro atoms. The van der Waals surface area contributed by atoms with E-state index in [9.17, 15) is 0 Å². The molecule has 1 saturated carbocycles. The van der Waals surface area contributed by atoms with E-state index >= 15 is 0 Å². The van der Waals surface area contributed by atoms with Crippen molar-refractivity contribution in [3.63, 3.8) is 0 Å². The van der Waals surface area contributed by atoms with E-state index in [1.165, 1.54) is 36.8 Å². The minimum absolute atomic E-state index is 0.413. The summed E-state index contributed by atoms with van der Waals surface area (Å²) in [6.45, 7) is 4.60. The van der Waals surface area contributed by atoms with Crippen molar-refractivity contribution in [3.05, 3.63) is 29.3 Å². The summed E-state index contributed by atoms with van der Waals surface area (Å²) in [7, 11) is 1.76. The first-order chi connectivity index (χ1) is 7.69. The van der Waals surface area contributed by atoms with Gasteiger partial charge in [0.2, 0.25) is 0 Å². The molecule has 1 aromatic rings. The number of hydrogen-bond acceptors (Lipinski definition) is 1. The van der Waals surface area contributed by atoms with Gasteiger partial charge in [0, 0.05) is 0 Å². The van der Waals surface area contributed by atoms with Gasteiger partial charge in [-0.25, -0.2) is 0 Å². The molecule has 16 heavy (non-hydrogen) atoms. The summed E-state index contributed by atoms with van der Waals surface area (Å²) in [5.74, 6) is 1.04. The summed E-state index contributed by atoms with van der Waals surface area (Å²) in [5.41, 5.74) is 3.26. The van der Waals surface area contributed by atoms with Crippen LogP contribution in [-0.4, -0.2) is 7.11 Å². The largest absolute Gasteiger partial charge is 0.496 e. The molecule has 1 fully saturated rings. The van der Waals surface area contributed by atoms with Crippen molar-refractivity contribution in [3.8, 4) is 5.75 Å². The Morgan fingerprint density at radius 3 is 2.50 bits per heavy atom. The lowest BCUT2D eigenvalue weighted by Crippen LogP contribution is -2.17. The van der Waals surface area contributed by atoms with Crippen molar-refractivity contribution in [2.24, 2.45) is 0 Å². The number of benzene rings is 1. The molecular weight excluding hydrogens is 196 g/mol. The molecule has 0 saturated heterocycles. The molecule has 0 aromatic heterocycles. The number of aryl methyl sites for hydroxylation is 1. The molecular formula is C15H22O. The molecule has 1 heteroatoms. The normalized spacial score (nSPS) is 18.7. The van der Waals surface area contributed by atoms with E-state index in [1.54, 1.807) is 7.11 Å². The highest BCUT2D eigenvalue weighted by molar-refractivity contribution is 5.40. The Kier molecular flexibility index (Phi) is 3.22. The number of methoxy groups -OCH3 is 1. The van der Waals surface area contributed by atoms with Gasteiger partial charge in [-0.1, -0.05) is 38.8 Å². The van der Waals surface area contributed by atoms with Crippen LogP contribution in [0.2, 0.25) is 0 Å². The highest BCUT2D eigenvalue weighted by Crippen LogP contribution is 2.41. The van der Waals surface area contributed by atoms with Gasteiger partial charge in [-0.15, -0.1) is 0 Å². The molecule has 1 aliphatic rings. The lowest BCUT2D eigenvalue weighted by Gasteiger charge is -2.25. The van der Waals surface area contributed by atoms with Crippen molar-refractivity contribution >= 4 is 0 Å². The Morgan fingerprint density at radius 2 is 1.94 bits per heavy atom. The van der Waals surface area contributed by atoms with E-state index in [1.807, 2.05) is 0 Å². The molecule has 0 radical (unpaired) electrons. The summed E-state index contributed by atoms with van der Waals surface area (Å²) < 4.78 is 5.39. The zero-order valence-electron chi connectivity index (χ0n) is 10.7. The fourth-order valence-electron chi connectivity index (χ4n) is 2.87. The van der Waals surface area contributed by atoms with Crippen molar-refractivity contribution in [1.29, 1.82) is 0 Å². The van der Waals surface area contributed by atoms with Gasteiger partial charge in [-0.05, 0) is 41.9 Å². The topological polar surface area (TPSA) is 9.23 Å². The Morgan fingerprint density at radius 1 is 1.25 bits per heavy atom. The van der Waals surface area contributed by atoms with Gasteiger partial charge >= 0.3 is 0 Å². The standard InChI is InChI=1S/C15H22O/c1-4-12-11-13(7-8-14(12)16-3)15(2)9-5-6-10-15/h7-8,11H,4-6,9-10H2,1-3H3. The van der Waals surface area contributed by atoms with Crippen LogP contribution in [0.4, 0.5) is 0 Å². The molecule has 0 atom stereocenters. The summed E-state index contributed by atoms with van der Waals surface area (Å²) in [5, 5.41) is 0. The third-order valence-corrected chi connectivity index (χ3v) is 4.07. The smallest absolute Gasteiger partial charge is 0.122 e. The number of ether oxygens (including phenoxy) is 1. The molecule has 0 bridgehead atoms. The number of hydrogen-bond donors (Lipinski definition) is 0. The molecule has 1 aliphatic carbocycles. The highest BCUT2D eigenvalue weighted by Gasteiger charge is 2.30. The van der Waals surface area contributed by atoms with Gasteiger partial charge < -0.3 is 4.74 Å². The average molecular weight is 218 g/mol. The molecule has 0 N–H and O–H groups in total. The van der Waals surface area contributed by atoms with Crippen LogP contribution in [0.1, 0.15) is 50.7 Å². The van der Waals surface area contributed by atoms with Crippen LogP contribution >= 0.6 is 0 Å². The first kappa shape index (κ1) is 11.5. The van der Waals surface area contributed by atoms with Crippen LogP contribution in [-0.2, 0) is 11.8 Å². The Balaban J connectivity index is 2.35. The van der Waals surface area contributed by atoms with Crippen LogP contribution in [0.5, 0.6) is 5.75 Å². The predicted molar refractivity (Wildman–Crippen MR) is 68.2 cm³/mol. The lowest BCUT2D eigenvalue weighted by atomic mass is 9.80. The minimum Gasteiger partial charge on any atom is -0.496 e. The monoisotopic (exact) mass is 218 g/mol. The average Bonchev–Trinajstić information content (AvgIpc) is 2.76. The predicted octanol–water partition coefficient (Wildman–Crippen LogP) is 4.09. The molecule has 0 aliphatic heterocycles. The summed E-state index contributed by atoms with van der Waals surface area (Å²) in [4.78, 5) is 0. The second kappa shape index (κ2) is 4.48. The zero-order chi connectivity index (χ0) is 11.6. The van der Waals surface area contributed by atoms with Crippen LogP contribution in [0.15, 0.2) is 18.2 Å². The summed E-state index contributed by atoms with van der Waals surface area (Å²) in [6, 6.07) is 6.74.